The minimum Gasteiger partial charge on any atom is -0.389 e. The highest BCUT2D eigenvalue weighted by atomic mass is 16.5. The van der Waals surface area contributed by atoms with Crippen LogP contribution in [0.1, 0.15) is 23.6 Å². The molecule has 2 aromatic rings. The summed E-state index contributed by atoms with van der Waals surface area (Å²) in [4.78, 5) is 4.56. The van der Waals surface area contributed by atoms with E-state index in [2.05, 4.69) is 46.8 Å². The Kier molecular flexibility index (Phi) is 8.66. The van der Waals surface area contributed by atoms with Gasteiger partial charge in [-0.15, -0.1) is 0 Å². The molecule has 0 aromatic heterocycles. The Bertz CT molecular complexity index is 657. The second-order valence-electron chi connectivity index (χ2n) is 6.22. The highest BCUT2D eigenvalue weighted by Crippen LogP contribution is 2.04. The van der Waals surface area contributed by atoms with Gasteiger partial charge in [0, 0.05) is 13.1 Å². The van der Waals surface area contributed by atoms with Crippen LogP contribution in [0.4, 0.5) is 0 Å². The number of hydrogen-bond donors (Lipinski definition) is 3. The van der Waals surface area contributed by atoms with Gasteiger partial charge in [-0.3, -0.25) is 0 Å². The monoisotopic (exact) mass is 355 g/mol. The Morgan fingerprint density at radius 3 is 2.46 bits per heavy atom. The van der Waals surface area contributed by atoms with E-state index in [1.165, 1.54) is 5.56 Å². The van der Waals surface area contributed by atoms with Gasteiger partial charge in [0.05, 0.1) is 25.9 Å². The molecule has 5 nitrogen and oxygen atoms in total. The van der Waals surface area contributed by atoms with Gasteiger partial charge in [-0.25, -0.2) is 4.99 Å². The van der Waals surface area contributed by atoms with E-state index in [4.69, 9.17) is 4.74 Å². The standard InChI is InChI=1S/C21H29N3O2/c1-3-22-21(23-13-18-11-9-17(2)10-12-18)24-14-20(25)16-26-15-19-7-5-4-6-8-19/h4-12,20,25H,3,13-16H2,1-2H3,(H2,22,23,24). The molecule has 2 rings (SSSR count). The van der Waals surface area contributed by atoms with Crippen LogP contribution in [0.3, 0.4) is 0 Å². The molecular weight excluding hydrogens is 326 g/mol. The van der Waals surface area contributed by atoms with Crippen molar-refractivity contribution in [3.8, 4) is 0 Å². The highest BCUT2D eigenvalue weighted by Gasteiger charge is 2.06. The first-order chi connectivity index (χ1) is 12.7. The first-order valence-corrected chi connectivity index (χ1v) is 9.05. The third-order valence-electron chi connectivity index (χ3n) is 3.81. The average Bonchev–Trinajstić information content (AvgIpc) is 2.66. The number of rotatable bonds is 9. The molecule has 2 aromatic carbocycles. The van der Waals surface area contributed by atoms with E-state index in [0.29, 0.717) is 25.7 Å². The lowest BCUT2D eigenvalue weighted by atomic mass is 10.1. The maximum absolute atomic E-state index is 10.1. The molecule has 0 saturated carbocycles. The minimum absolute atomic E-state index is 0.277. The zero-order valence-corrected chi connectivity index (χ0v) is 15.6. The van der Waals surface area contributed by atoms with Gasteiger partial charge in [-0.2, -0.15) is 0 Å². The molecule has 5 heteroatoms. The smallest absolute Gasteiger partial charge is 0.191 e. The molecule has 0 fully saturated rings. The lowest BCUT2D eigenvalue weighted by molar-refractivity contribution is 0.0308. The number of nitrogens with zero attached hydrogens (tertiary/aromatic N) is 1. The summed E-state index contributed by atoms with van der Waals surface area (Å²) < 4.78 is 5.56. The highest BCUT2D eigenvalue weighted by molar-refractivity contribution is 5.79. The van der Waals surface area contributed by atoms with E-state index in [-0.39, 0.29) is 6.61 Å². The molecule has 0 amide bonds. The molecule has 0 aliphatic heterocycles. The number of aliphatic imine (C=N–C) groups is 1. The fourth-order valence-corrected chi connectivity index (χ4v) is 2.37. The van der Waals surface area contributed by atoms with Crippen molar-refractivity contribution in [3.05, 3.63) is 71.3 Å². The first kappa shape index (κ1) is 19.9. The molecule has 0 aliphatic rings. The number of nitrogens with one attached hydrogen (secondary N) is 2. The van der Waals surface area contributed by atoms with Crippen molar-refractivity contribution in [2.24, 2.45) is 4.99 Å². The average molecular weight is 355 g/mol. The van der Waals surface area contributed by atoms with Gasteiger partial charge in [0.25, 0.3) is 0 Å². The summed E-state index contributed by atoms with van der Waals surface area (Å²) in [6.45, 7) is 6.60. The molecule has 0 spiro atoms. The summed E-state index contributed by atoms with van der Waals surface area (Å²) >= 11 is 0. The summed E-state index contributed by atoms with van der Waals surface area (Å²) in [5.74, 6) is 0.690. The molecular formula is C21H29N3O2. The van der Waals surface area contributed by atoms with Crippen LogP contribution in [0.2, 0.25) is 0 Å². The van der Waals surface area contributed by atoms with E-state index in [0.717, 1.165) is 17.7 Å². The Labute approximate surface area is 156 Å². The lowest BCUT2D eigenvalue weighted by Crippen LogP contribution is -2.42. The summed E-state index contributed by atoms with van der Waals surface area (Å²) in [7, 11) is 0. The predicted octanol–water partition coefficient (Wildman–Crippen LogP) is 2.63. The van der Waals surface area contributed by atoms with E-state index in [1.54, 1.807) is 0 Å². The van der Waals surface area contributed by atoms with Crippen molar-refractivity contribution in [3.63, 3.8) is 0 Å². The Morgan fingerprint density at radius 2 is 1.77 bits per heavy atom. The molecule has 0 radical (unpaired) electrons. The van der Waals surface area contributed by atoms with E-state index >= 15 is 0 Å². The number of aliphatic hydroxyl groups excluding tert-OH is 1. The second-order valence-corrected chi connectivity index (χ2v) is 6.22. The second kappa shape index (κ2) is 11.3. The summed E-state index contributed by atoms with van der Waals surface area (Å²) in [5.41, 5.74) is 3.49. The molecule has 140 valence electrons. The largest absolute Gasteiger partial charge is 0.389 e. The van der Waals surface area contributed by atoms with Crippen molar-refractivity contribution in [2.75, 3.05) is 19.7 Å². The molecule has 0 heterocycles. The molecule has 1 atom stereocenters. The summed E-state index contributed by atoms with van der Waals surface area (Å²) in [6.07, 6.45) is -0.595. The van der Waals surface area contributed by atoms with Gasteiger partial charge >= 0.3 is 0 Å². The van der Waals surface area contributed by atoms with Gasteiger partial charge in [0.1, 0.15) is 0 Å². The minimum atomic E-state index is -0.595. The lowest BCUT2D eigenvalue weighted by Gasteiger charge is -2.15. The normalized spacial score (nSPS) is 12.7. The van der Waals surface area contributed by atoms with E-state index in [1.807, 2.05) is 37.3 Å². The molecule has 3 N–H and O–H groups in total. The van der Waals surface area contributed by atoms with Crippen LogP contribution in [0.25, 0.3) is 0 Å². The van der Waals surface area contributed by atoms with Crippen LogP contribution in [-0.4, -0.2) is 36.9 Å². The van der Waals surface area contributed by atoms with E-state index in [9.17, 15) is 5.11 Å². The summed E-state index contributed by atoms with van der Waals surface area (Å²) in [5, 5.41) is 16.4. The van der Waals surface area contributed by atoms with Gasteiger partial charge in [-0.05, 0) is 25.0 Å². The van der Waals surface area contributed by atoms with Crippen molar-refractivity contribution in [2.45, 2.75) is 33.1 Å². The number of ether oxygens (including phenoxy) is 1. The zero-order chi connectivity index (χ0) is 18.6. The fourth-order valence-electron chi connectivity index (χ4n) is 2.37. The third-order valence-corrected chi connectivity index (χ3v) is 3.81. The first-order valence-electron chi connectivity index (χ1n) is 9.05. The molecule has 0 bridgehead atoms. The predicted molar refractivity (Wildman–Crippen MR) is 106 cm³/mol. The maximum atomic E-state index is 10.1. The molecule has 0 aliphatic carbocycles. The number of aliphatic hydroxyl groups is 1. The van der Waals surface area contributed by atoms with Crippen LogP contribution in [0, 0.1) is 6.92 Å². The molecule has 0 saturated heterocycles. The third kappa shape index (κ3) is 7.68. The Hall–Kier alpha value is -2.37. The Balaban J connectivity index is 1.73. The number of hydrogen-bond acceptors (Lipinski definition) is 3. The van der Waals surface area contributed by atoms with E-state index < -0.39 is 6.10 Å². The van der Waals surface area contributed by atoms with Gasteiger partial charge in [0.15, 0.2) is 5.96 Å². The van der Waals surface area contributed by atoms with Crippen molar-refractivity contribution in [1.82, 2.24) is 10.6 Å². The maximum Gasteiger partial charge on any atom is 0.191 e. The van der Waals surface area contributed by atoms with Crippen LogP contribution >= 0.6 is 0 Å². The van der Waals surface area contributed by atoms with Crippen molar-refractivity contribution >= 4 is 5.96 Å². The van der Waals surface area contributed by atoms with Crippen LogP contribution in [-0.2, 0) is 17.9 Å². The van der Waals surface area contributed by atoms with Crippen molar-refractivity contribution in [1.29, 1.82) is 0 Å². The summed E-state index contributed by atoms with van der Waals surface area (Å²) in [6, 6.07) is 18.3. The van der Waals surface area contributed by atoms with Gasteiger partial charge in [0.2, 0.25) is 0 Å². The SMILES string of the molecule is CCNC(=NCc1ccc(C)cc1)NCC(O)COCc1ccccc1. The van der Waals surface area contributed by atoms with Crippen molar-refractivity contribution < 1.29 is 9.84 Å². The zero-order valence-electron chi connectivity index (χ0n) is 15.6. The molecule has 1 unspecified atom stereocenters. The number of benzene rings is 2. The van der Waals surface area contributed by atoms with Crippen LogP contribution < -0.4 is 10.6 Å². The fraction of sp³-hybridized carbons (Fsp3) is 0.381. The Morgan fingerprint density at radius 1 is 1.04 bits per heavy atom. The van der Waals surface area contributed by atoms with Gasteiger partial charge < -0.3 is 20.5 Å². The van der Waals surface area contributed by atoms with Gasteiger partial charge in [-0.1, -0.05) is 60.2 Å². The topological polar surface area (TPSA) is 65.9 Å². The van der Waals surface area contributed by atoms with Crippen LogP contribution in [0.15, 0.2) is 59.6 Å². The van der Waals surface area contributed by atoms with Crippen LogP contribution in [0.5, 0.6) is 0 Å². The number of guanidine groups is 1. The number of aryl methyl sites for hydroxylation is 1. The molecule has 26 heavy (non-hydrogen) atoms. The quantitative estimate of drug-likeness (QED) is 0.478.